The van der Waals surface area contributed by atoms with Gasteiger partial charge in [0, 0.05) is 0 Å². The molecule has 3 nitrogen and oxygen atoms in total. The highest BCUT2D eigenvalue weighted by Crippen LogP contribution is 2.29. The Hall–Kier alpha value is -2.33. The molecule has 3 rings (SSSR count). The maximum atomic E-state index is 12.0. The van der Waals surface area contributed by atoms with Crippen LogP contribution in [0, 0.1) is 13.8 Å². The van der Waals surface area contributed by atoms with E-state index < -0.39 is 0 Å². The van der Waals surface area contributed by atoms with E-state index in [0.29, 0.717) is 10.1 Å². The van der Waals surface area contributed by atoms with Crippen molar-refractivity contribution in [3.63, 3.8) is 0 Å². The number of nitrogens with zero attached hydrogens (tertiary/aromatic N) is 1. The third-order valence-electron chi connectivity index (χ3n) is 3.32. The molecule has 1 N–H and O–H groups in total. The van der Waals surface area contributed by atoms with Gasteiger partial charge in [0.1, 0.15) is 0 Å². The number of amides is 1. The molecule has 0 bridgehead atoms. The second-order valence-electron chi connectivity index (χ2n) is 5.18. The summed E-state index contributed by atoms with van der Waals surface area (Å²) >= 11 is 1.37. The molecule has 0 unspecified atom stereocenters. The van der Waals surface area contributed by atoms with Crippen molar-refractivity contribution in [2.75, 3.05) is 0 Å². The lowest BCUT2D eigenvalue weighted by molar-refractivity contribution is -0.115. The predicted octanol–water partition coefficient (Wildman–Crippen LogP) is 4.20. The SMILES string of the molecule is Cc1ccc(N=C2NC(=O)/C(=C\c3ccccc3)S2)c(C)c1. The van der Waals surface area contributed by atoms with Crippen molar-refractivity contribution in [3.05, 3.63) is 70.1 Å². The number of hydrogen-bond donors (Lipinski definition) is 1. The lowest BCUT2D eigenvalue weighted by atomic mass is 10.1. The first-order chi connectivity index (χ1) is 10.6. The third-order valence-corrected chi connectivity index (χ3v) is 4.23. The zero-order chi connectivity index (χ0) is 15.5. The summed E-state index contributed by atoms with van der Waals surface area (Å²) in [5.41, 5.74) is 4.19. The number of hydrogen-bond acceptors (Lipinski definition) is 3. The highest BCUT2D eigenvalue weighted by molar-refractivity contribution is 8.18. The van der Waals surface area contributed by atoms with Gasteiger partial charge >= 0.3 is 0 Å². The molecule has 0 radical (unpaired) electrons. The van der Waals surface area contributed by atoms with Crippen LogP contribution in [0.15, 0.2) is 58.4 Å². The Morgan fingerprint density at radius 2 is 1.86 bits per heavy atom. The van der Waals surface area contributed by atoms with Crippen LogP contribution in [0.25, 0.3) is 6.08 Å². The van der Waals surface area contributed by atoms with Crippen molar-refractivity contribution < 1.29 is 4.79 Å². The van der Waals surface area contributed by atoms with Gasteiger partial charge in [-0.1, -0.05) is 48.0 Å². The molecular weight excluding hydrogens is 292 g/mol. The molecule has 1 aliphatic rings. The summed E-state index contributed by atoms with van der Waals surface area (Å²) in [6.45, 7) is 4.07. The van der Waals surface area contributed by atoms with Gasteiger partial charge in [-0.15, -0.1) is 0 Å². The molecule has 22 heavy (non-hydrogen) atoms. The Morgan fingerprint density at radius 3 is 2.59 bits per heavy atom. The van der Waals surface area contributed by atoms with E-state index in [4.69, 9.17) is 0 Å². The van der Waals surface area contributed by atoms with Crippen LogP contribution in [0.1, 0.15) is 16.7 Å². The summed E-state index contributed by atoms with van der Waals surface area (Å²) in [4.78, 5) is 17.2. The van der Waals surface area contributed by atoms with Crippen molar-refractivity contribution in [3.8, 4) is 0 Å². The number of aliphatic imine (C=N–C) groups is 1. The van der Waals surface area contributed by atoms with Gasteiger partial charge in [0.2, 0.25) is 0 Å². The second kappa shape index (κ2) is 6.20. The monoisotopic (exact) mass is 308 g/mol. The van der Waals surface area contributed by atoms with Crippen molar-refractivity contribution >= 4 is 34.6 Å². The average Bonchev–Trinajstić information content (AvgIpc) is 2.83. The normalized spacial score (nSPS) is 18.0. The van der Waals surface area contributed by atoms with Gasteiger partial charge in [0.25, 0.3) is 5.91 Å². The van der Waals surface area contributed by atoms with E-state index in [-0.39, 0.29) is 5.91 Å². The first-order valence-electron chi connectivity index (χ1n) is 7.04. The molecule has 2 aromatic carbocycles. The van der Waals surface area contributed by atoms with Gasteiger partial charge in [-0.25, -0.2) is 4.99 Å². The van der Waals surface area contributed by atoms with Crippen molar-refractivity contribution in [1.29, 1.82) is 0 Å². The average molecular weight is 308 g/mol. The molecule has 1 saturated heterocycles. The minimum atomic E-state index is -0.0997. The number of amidine groups is 1. The highest BCUT2D eigenvalue weighted by atomic mass is 32.2. The summed E-state index contributed by atoms with van der Waals surface area (Å²) in [6.07, 6.45) is 1.88. The fourth-order valence-electron chi connectivity index (χ4n) is 2.22. The van der Waals surface area contributed by atoms with Crippen LogP contribution < -0.4 is 5.32 Å². The van der Waals surface area contributed by atoms with E-state index >= 15 is 0 Å². The summed E-state index contributed by atoms with van der Waals surface area (Å²) < 4.78 is 0. The van der Waals surface area contributed by atoms with Crippen LogP contribution in [0.4, 0.5) is 5.69 Å². The molecule has 1 fully saturated rings. The zero-order valence-corrected chi connectivity index (χ0v) is 13.3. The minimum Gasteiger partial charge on any atom is -0.300 e. The molecule has 0 atom stereocenters. The maximum absolute atomic E-state index is 12.0. The Bertz CT molecular complexity index is 779. The Balaban J connectivity index is 1.85. The number of benzene rings is 2. The van der Waals surface area contributed by atoms with Crippen LogP contribution in [0.3, 0.4) is 0 Å². The number of nitrogens with one attached hydrogen (secondary N) is 1. The molecular formula is C18H16N2OS. The summed E-state index contributed by atoms with van der Waals surface area (Å²) in [7, 11) is 0. The lowest BCUT2D eigenvalue weighted by Crippen LogP contribution is -2.19. The van der Waals surface area contributed by atoms with Crippen molar-refractivity contribution in [2.24, 2.45) is 4.99 Å². The van der Waals surface area contributed by atoms with Gasteiger partial charge in [-0.3, -0.25) is 4.79 Å². The molecule has 0 spiro atoms. The molecule has 0 aromatic heterocycles. The number of thioether (sulfide) groups is 1. The zero-order valence-electron chi connectivity index (χ0n) is 12.5. The smallest absolute Gasteiger partial charge is 0.264 e. The molecule has 110 valence electrons. The number of carbonyl (C=O) groups excluding carboxylic acids is 1. The summed E-state index contributed by atoms with van der Waals surface area (Å²) in [6, 6.07) is 15.9. The predicted molar refractivity (Wildman–Crippen MR) is 93.2 cm³/mol. The number of carbonyl (C=O) groups is 1. The van der Waals surface area contributed by atoms with Crippen LogP contribution in [-0.4, -0.2) is 11.1 Å². The minimum absolute atomic E-state index is 0.0997. The van der Waals surface area contributed by atoms with E-state index in [9.17, 15) is 4.79 Å². The van der Waals surface area contributed by atoms with E-state index in [1.165, 1.54) is 17.3 Å². The lowest BCUT2D eigenvalue weighted by Gasteiger charge is -2.02. The Morgan fingerprint density at radius 1 is 1.09 bits per heavy atom. The van der Waals surface area contributed by atoms with E-state index in [1.807, 2.05) is 55.5 Å². The Kier molecular flexibility index (Phi) is 4.11. The Labute approximate surface area is 134 Å². The molecule has 1 amide bonds. The molecule has 0 aliphatic carbocycles. The molecule has 1 aliphatic heterocycles. The van der Waals surface area contributed by atoms with Gasteiger partial charge in [-0.05, 0) is 48.9 Å². The standard InChI is InChI=1S/C18H16N2OS/c1-12-8-9-15(13(2)10-12)19-18-20-17(21)16(22-18)11-14-6-4-3-5-7-14/h3-11H,1-2H3,(H,19,20,21)/b16-11+. The van der Waals surface area contributed by atoms with Crippen molar-refractivity contribution in [2.45, 2.75) is 13.8 Å². The van der Waals surface area contributed by atoms with E-state index in [1.54, 1.807) is 0 Å². The van der Waals surface area contributed by atoms with E-state index in [2.05, 4.69) is 23.3 Å². The second-order valence-corrected chi connectivity index (χ2v) is 6.21. The molecule has 2 aromatic rings. The first-order valence-corrected chi connectivity index (χ1v) is 7.85. The van der Waals surface area contributed by atoms with Gasteiger partial charge in [0.05, 0.1) is 10.6 Å². The fourth-order valence-corrected chi connectivity index (χ4v) is 3.06. The van der Waals surface area contributed by atoms with Gasteiger partial charge < -0.3 is 5.32 Å². The van der Waals surface area contributed by atoms with Crippen molar-refractivity contribution in [1.82, 2.24) is 5.32 Å². The summed E-state index contributed by atoms with van der Waals surface area (Å²) in [5, 5.41) is 3.44. The van der Waals surface area contributed by atoms with Crippen LogP contribution >= 0.6 is 11.8 Å². The van der Waals surface area contributed by atoms with Crippen LogP contribution in [-0.2, 0) is 4.79 Å². The van der Waals surface area contributed by atoms with E-state index in [0.717, 1.165) is 16.8 Å². The largest absolute Gasteiger partial charge is 0.300 e. The third kappa shape index (κ3) is 3.28. The fraction of sp³-hybridized carbons (Fsp3) is 0.111. The topological polar surface area (TPSA) is 41.5 Å². The summed E-state index contributed by atoms with van der Waals surface area (Å²) in [5.74, 6) is -0.0997. The number of aryl methyl sites for hydroxylation is 2. The number of rotatable bonds is 2. The maximum Gasteiger partial charge on any atom is 0.264 e. The molecule has 1 heterocycles. The van der Waals surface area contributed by atoms with Crippen LogP contribution in [0.2, 0.25) is 0 Å². The quantitative estimate of drug-likeness (QED) is 0.845. The van der Waals surface area contributed by atoms with Gasteiger partial charge in [0.15, 0.2) is 5.17 Å². The molecule has 4 heteroatoms. The van der Waals surface area contributed by atoms with Gasteiger partial charge in [-0.2, -0.15) is 0 Å². The van der Waals surface area contributed by atoms with Crippen LogP contribution in [0.5, 0.6) is 0 Å². The first kappa shape index (κ1) is 14.6. The highest BCUT2D eigenvalue weighted by Gasteiger charge is 2.23. The molecule has 0 saturated carbocycles.